The molecule has 5 nitrogen and oxygen atoms in total. The summed E-state index contributed by atoms with van der Waals surface area (Å²) in [6.45, 7) is 1.55. The number of aromatic carboxylic acids is 1. The number of halogens is 1. The number of nitrogens with one attached hydrogen (secondary N) is 1. The smallest absolute Gasteiger partial charge is 0.348 e. The first kappa shape index (κ1) is 15.5. The lowest BCUT2D eigenvalue weighted by molar-refractivity contribution is -0.118. The fourth-order valence-electron chi connectivity index (χ4n) is 1.64. The van der Waals surface area contributed by atoms with E-state index in [1.165, 1.54) is 0 Å². The molecular formula is C14H12BrNO4S. The molecule has 0 aliphatic carbocycles. The summed E-state index contributed by atoms with van der Waals surface area (Å²) in [5.41, 5.74) is 1.04. The number of thiophene rings is 1. The maximum absolute atomic E-state index is 11.9. The maximum atomic E-state index is 11.9. The minimum absolute atomic E-state index is 0.114. The highest BCUT2D eigenvalue weighted by Gasteiger charge is 2.17. The fourth-order valence-corrected chi connectivity index (χ4v) is 2.86. The van der Waals surface area contributed by atoms with Crippen LogP contribution >= 0.6 is 27.3 Å². The van der Waals surface area contributed by atoms with Crippen molar-refractivity contribution >= 4 is 44.8 Å². The first-order chi connectivity index (χ1) is 9.97. The van der Waals surface area contributed by atoms with Crippen molar-refractivity contribution < 1.29 is 19.4 Å². The molecule has 1 amide bonds. The van der Waals surface area contributed by atoms with Crippen molar-refractivity contribution in [1.82, 2.24) is 0 Å². The lowest BCUT2D eigenvalue weighted by Crippen LogP contribution is -2.21. The molecule has 0 radical (unpaired) electrons. The highest BCUT2D eigenvalue weighted by Crippen LogP contribution is 2.27. The quantitative estimate of drug-likeness (QED) is 0.844. The summed E-state index contributed by atoms with van der Waals surface area (Å²) in [5, 5.41) is 13.3. The van der Waals surface area contributed by atoms with E-state index in [1.807, 2.05) is 6.07 Å². The highest BCUT2D eigenvalue weighted by molar-refractivity contribution is 9.10. The third-order valence-corrected chi connectivity index (χ3v) is 4.18. The number of aryl methyl sites for hydroxylation is 1. The van der Waals surface area contributed by atoms with Crippen LogP contribution in [0.15, 0.2) is 34.1 Å². The molecule has 0 spiro atoms. The molecule has 0 aliphatic rings. The van der Waals surface area contributed by atoms with Crippen molar-refractivity contribution in [3.63, 3.8) is 0 Å². The molecule has 0 saturated carbocycles. The van der Waals surface area contributed by atoms with Gasteiger partial charge in [0.15, 0.2) is 6.61 Å². The molecule has 21 heavy (non-hydrogen) atoms. The Morgan fingerprint density at radius 3 is 2.86 bits per heavy atom. The van der Waals surface area contributed by atoms with Gasteiger partial charge in [0.2, 0.25) is 0 Å². The molecule has 0 unspecified atom stereocenters. The van der Waals surface area contributed by atoms with Gasteiger partial charge in [-0.2, -0.15) is 0 Å². The van der Waals surface area contributed by atoms with E-state index in [9.17, 15) is 9.59 Å². The second kappa shape index (κ2) is 6.73. The van der Waals surface area contributed by atoms with Crippen LogP contribution in [-0.4, -0.2) is 23.6 Å². The third-order valence-electron chi connectivity index (χ3n) is 2.60. The molecule has 1 heterocycles. The van der Waals surface area contributed by atoms with Gasteiger partial charge in [-0.25, -0.2) is 4.79 Å². The minimum Gasteiger partial charge on any atom is -0.484 e. The topological polar surface area (TPSA) is 75.6 Å². The van der Waals surface area contributed by atoms with Crippen LogP contribution in [0.5, 0.6) is 5.75 Å². The van der Waals surface area contributed by atoms with E-state index in [2.05, 4.69) is 21.2 Å². The minimum atomic E-state index is -1.06. The normalized spacial score (nSPS) is 10.2. The summed E-state index contributed by atoms with van der Waals surface area (Å²) in [7, 11) is 0. The van der Waals surface area contributed by atoms with Crippen LogP contribution in [-0.2, 0) is 4.79 Å². The number of carboxylic acid groups (broad SMARTS) is 1. The van der Waals surface area contributed by atoms with E-state index in [-0.39, 0.29) is 11.5 Å². The maximum Gasteiger partial charge on any atom is 0.348 e. The Bertz CT molecular complexity index is 683. The zero-order valence-corrected chi connectivity index (χ0v) is 13.5. The number of hydrogen-bond acceptors (Lipinski definition) is 4. The molecule has 1 aromatic carbocycles. The number of hydrogen-bond donors (Lipinski definition) is 2. The van der Waals surface area contributed by atoms with Crippen molar-refractivity contribution in [1.29, 1.82) is 0 Å². The molecule has 2 N–H and O–H groups in total. The van der Waals surface area contributed by atoms with Gasteiger partial charge in [0, 0.05) is 4.47 Å². The van der Waals surface area contributed by atoms with Gasteiger partial charge < -0.3 is 15.2 Å². The van der Waals surface area contributed by atoms with Gasteiger partial charge >= 0.3 is 5.97 Å². The molecule has 0 aliphatic heterocycles. The average Bonchev–Trinajstić information content (AvgIpc) is 2.78. The number of ether oxygens (including phenoxy) is 1. The number of benzene rings is 1. The number of rotatable bonds is 5. The lowest BCUT2D eigenvalue weighted by atomic mass is 10.2. The summed E-state index contributed by atoms with van der Waals surface area (Å²) < 4.78 is 6.20. The molecule has 110 valence electrons. The number of amides is 1. The van der Waals surface area contributed by atoms with Crippen LogP contribution in [0.4, 0.5) is 5.69 Å². The summed E-state index contributed by atoms with van der Waals surface area (Å²) in [5.74, 6) is -0.907. The molecule has 1 aromatic heterocycles. The fraction of sp³-hybridized carbons (Fsp3) is 0.143. The van der Waals surface area contributed by atoms with E-state index >= 15 is 0 Å². The van der Waals surface area contributed by atoms with Gasteiger partial charge in [-0.1, -0.05) is 22.0 Å². The second-order valence-electron chi connectivity index (χ2n) is 4.22. The number of carboxylic acids is 1. The molecule has 0 atom stereocenters. The molecular weight excluding hydrogens is 358 g/mol. The van der Waals surface area contributed by atoms with Gasteiger partial charge in [-0.3, -0.25) is 4.79 Å². The monoisotopic (exact) mass is 369 g/mol. The van der Waals surface area contributed by atoms with E-state index in [0.29, 0.717) is 17.0 Å². The van der Waals surface area contributed by atoms with Gasteiger partial charge in [-0.05, 0) is 36.1 Å². The summed E-state index contributed by atoms with van der Waals surface area (Å²) in [4.78, 5) is 23.0. The van der Waals surface area contributed by atoms with E-state index in [4.69, 9.17) is 9.84 Å². The summed E-state index contributed by atoms with van der Waals surface area (Å²) in [6.07, 6.45) is 0. The van der Waals surface area contributed by atoms with Crippen LogP contribution in [0.2, 0.25) is 0 Å². The van der Waals surface area contributed by atoms with Crippen molar-refractivity contribution in [3.05, 3.63) is 44.6 Å². The van der Waals surface area contributed by atoms with Crippen molar-refractivity contribution in [2.45, 2.75) is 6.92 Å². The number of anilines is 1. The van der Waals surface area contributed by atoms with Crippen LogP contribution in [0, 0.1) is 6.92 Å². The number of carbonyl (C=O) groups is 2. The van der Waals surface area contributed by atoms with Crippen LogP contribution in [0.1, 0.15) is 15.2 Å². The zero-order valence-electron chi connectivity index (χ0n) is 11.1. The predicted molar refractivity (Wildman–Crippen MR) is 84.3 cm³/mol. The van der Waals surface area contributed by atoms with E-state index in [1.54, 1.807) is 30.5 Å². The third kappa shape index (κ3) is 4.05. The summed E-state index contributed by atoms with van der Waals surface area (Å²) in [6, 6.07) is 7.12. The highest BCUT2D eigenvalue weighted by atomic mass is 79.9. The van der Waals surface area contributed by atoms with E-state index in [0.717, 1.165) is 15.8 Å². The Labute approximate surface area is 133 Å². The molecule has 0 bridgehead atoms. The Morgan fingerprint density at radius 2 is 2.19 bits per heavy atom. The molecule has 7 heteroatoms. The lowest BCUT2D eigenvalue weighted by Gasteiger charge is -2.08. The standard InChI is InChI=1S/C14H12BrNO4S/c1-8-7-21-13(14(18)19)12(8)16-11(17)6-20-10-4-2-3-9(15)5-10/h2-5,7H,6H2,1H3,(H,16,17)(H,18,19). The Kier molecular flexibility index (Phi) is 4.98. The second-order valence-corrected chi connectivity index (χ2v) is 6.02. The molecule has 0 saturated heterocycles. The van der Waals surface area contributed by atoms with Crippen molar-refractivity contribution in [2.24, 2.45) is 0 Å². The molecule has 2 rings (SSSR count). The predicted octanol–water partition coefficient (Wildman–Crippen LogP) is 3.53. The Hall–Kier alpha value is -1.86. The first-order valence-corrected chi connectivity index (χ1v) is 7.64. The van der Waals surface area contributed by atoms with Crippen LogP contribution in [0.25, 0.3) is 0 Å². The SMILES string of the molecule is Cc1csc(C(=O)O)c1NC(=O)COc1cccc(Br)c1. The number of carbonyl (C=O) groups excluding carboxylic acids is 1. The van der Waals surface area contributed by atoms with Gasteiger partial charge in [0.1, 0.15) is 10.6 Å². The zero-order chi connectivity index (χ0) is 15.4. The van der Waals surface area contributed by atoms with Gasteiger partial charge in [0.25, 0.3) is 5.91 Å². The van der Waals surface area contributed by atoms with Crippen molar-refractivity contribution in [3.8, 4) is 5.75 Å². The van der Waals surface area contributed by atoms with Crippen molar-refractivity contribution in [2.75, 3.05) is 11.9 Å². The van der Waals surface area contributed by atoms with Gasteiger partial charge in [-0.15, -0.1) is 11.3 Å². The van der Waals surface area contributed by atoms with Gasteiger partial charge in [0.05, 0.1) is 5.69 Å². The van der Waals surface area contributed by atoms with Crippen LogP contribution in [0.3, 0.4) is 0 Å². The average molecular weight is 370 g/mol. The molecule has 2 aromatic rings. The first-order valence-electron chi connectivity index (χ1n) is 5.97. The molecule has 0 fully saturated rings. The Balaban J connectivity index is 1.99. The largest absolute Gasteiger partial charge is 0.484 e. The summed E-state index contributed by atoms with van der Waals surface area (Å²) >= 11 is 4.39. The Morgan fingerprint density at radius 1 is 1.43 bits per heavy atom. The van der Waals surface area contributed by atoms with Crippen LogP contribution < -0.4 is 10.1 Å². The van der Waals surface area contributed by atoms with E-state index < -0.39 is 11.9 Å².